The fourth-order valence-corrected chi connectivity index (χ4v) is 3.27. The van der Waals surface area contributed by atoms with E-state index in [4.69, 9.17) is 0 Å². The van der Waals surface area contributed by atoms with Crippen LogP contribution in [-0.4, -0.2) is 29.4 Å². The van der Waals surface area contributed by atoms with Crippen molar-refractivity contribution in [2.75, 3.05) is 6.54 Å². The molecule has 19 heavy (non-hydrogen) atoms. The predicted molar refractivity (Wildman–Crippen MR) is 71.8 cm³/mol. The topological polar surface area (TPSA) is 49.4 Å². The Morgan fingerprint density at radius 2 is 2.00 bits per heavy atom. The number of aryl methyl sites for hydroxylation is 1. The normalized spacial score (nSPS) is 26.9. The third kappa shape index (κ3) is 2.01. The van der Waals surface area contributed by atoms with Crippen molar-refractivity contribution in [1.82, 2.24) is 10.2 Å². The van der Waals surface area contributed by atoms with Gasteiger partial charge in [0.2, 0.25) is 5.91 Å². The van der Waals surface area contributed by atoms with E-state index in [0.717, 1.165) is 36.9 Å². The van der Waals surface area contributed by atoms with Crippen molar-refractivity contribution in [3.05, 3.63) is 35.4 Å². The third-order valence-electron chi connectivity index (χ3n) is 4.23. The van der Waals surface area contributed by atoms with Gasteiger partial charge in [-0.15, -0.1) is 0 Å². The Hall–Kier alpha value is -1.84. The second kappa shape index (κ2) is 4.68. The van der Waals surface area contributed by atoms with E-state index in [2.05, 4.69) is 5.32 Å². The van der Waals surface area contributed by atoms with E-state index in [-0.39, 0.29) is 23.9 Å². The minimum atomic E-state index is -0.223. The van der Waals surface area contributed by atoms with Crippen LogP contribution in [-0.2, 0) is 4.79 Å². The summed E-state index contributed by atoms with van der Waals surface area (Å²) in [7, 11) is 0. The van der Waals surface area contributed by atoms with Crippen LogP contribution < -0.4 is 5.32 Å². The lowest BCUT2D eigenvalue weighted by Gasteiger charge is -2.43. The third-order valence-corrected chi connectivity index (χ3v) is 4.23. The highest BCUT2D eigenvalue weighted by Crippen LogP contribution is 2.34. The monoisotopic (exact) mass is 258 g/mol. The number of carbonyl (C=O) groups excluding carboxylic acids is 2. The van der Waals surface area contributed by atoms with Crippen LogP contribution in [0, 0.1) is 6.92 Å². The summed E-state index contributed by atoms with van der Waals surface area (Å²) in [4.78, 5) is 26.0. The van der Waals surface area contributed by atoms with Gasteiger partial charge < -0.3 is 4.90 Å². The minimum absolute atomic E-state index is 0.0242. The molecule has 4 heteroatoms. The van der Waals surface area contributed by atoms with Crippen molar-refractivity contribution >= 4 is 11.9 Å². The summed E-state index contributed by atoms with van der Waals surface area (Å²) in [5, 5.41) is 2.50. The van der Waals surface area contributed by atoms with Crippen LogP contribution in [0.3, 0.4) is 0 Å². The Morgan fingerprint density at radius 1 is 1.21 bits per heavy atom. The summed E-state index contributed by atoms with van der Waals surface area (Å²) in [5.41, 5.74) is 2.16. The molecule has 4 nitrogen and oxygen atoms in total. The van der Waals surface area contributed by atoms with Crippen molar-refractivity contribution in [2.45, 2.75) is 38.1 Å². The maximum atomic E-state index is 12.3. The van der Waals surface area contributed by atoms with Gasteiger partial charge in [-0.25, -0.2) is 4.79 Å². The average Bonchev–Trinajstić information content (AvgIpc) is 2.41. The van der Waals surface area contributed by atoms with Crippen molar-refractivity contribution < 1.29 is 9.59 Å². The highest BCUT2D eigenvalue weighted by Gasteiger charge is 2.43. The Balaban J connectivity index is 2.01. The quantitative estimate of drug-likeness (QED) is 0.839. The van der Waals surface area contributed by atoms with Gasteiger partial charge >= 0.3 is 6.03 Å². The fraction of sp³-hybridized carbons (Fsp3) is 0.467. The lowest BCUT2D eigenvalue weighted by Crippen LogP contribution is -2.60. The number of carbonyl (C=O) groups is 2. The number of amides is 3. The Kier molecular flexibility index (Phi) is 3.01. The highest BCUT2D eigenvalue weighted by molar-refractivity contribution is 6.01. The van der Waals surface area contributed by atoms with Crippen molar-refractivity contribution in [1.29, 1.82) is 0 Å². The summed E-state index contributed by atoms with van der Waals surface area (Å²) in [6.07, 6.45) is 3.03. The molecule has 1 aromatic carbocycles. The largest absolute Gasteiger partial charge is 0.324 e. The van der Waals surface area contributed by atoms with E-state index >= 15 is 0 Å². The Labute approximate surface area is 112 Å². The second-order valence-electron chi connectivity index (χ2n) is 5.39. The highest BCUT2D eigenvalue weighted by atomic mass is 16.2. The molecule has 0 spiro atoms. The molecule has 2 aliphatic rings. The van der Waals surface area contributed by atoms with Gasteiger partial charge in [0.05, 0.1) is 5.92 Å². The first-order chi connectivity index (χ1) is 9.18. The standard InChI is InChI=1S/C15H18N2O2/c1-10-6-2-3-7-11(10)13-12-8-4-5-9-17(12)15(19)16-14(13)18/h2-3,6-7,12-13H,4-5,8-9H2,1H3,(H,16,18,19)/t12-,13-/m0/s1. The first-order valence-corrected chi connectivity index (χ1v) is 6.85. The minimum Gasteiger partial charge on any atom is -0.320 e. The van der Waals surface area contributed by atoms with E-state index in [0.29, 0.717) is 0 Å². The molecule has 2 atom stereocenters. The van der Waals surface area contributed by atoms with Crippen LogP contribution in [0.1, 0.15) is 36.3 Å². The lowest BCUT2D eigenvalue weighted by molar-refractivity contribution is -0.125. The molecular formula is C15H18N2O2. The summed E-state index contributed by atoms with van der Waals surface area (Å²) >= 11 is 0. The van der Waals surface area contributed by atoms with Crippen LogP contribution in [0.5, 0.6) is 0 Å². The lowest BCUT2D eigenvalue weighted by atomic mass is 9.81. The van der Waals surface area contributed by atoms with Gasteiger partial charge in [-0.3, -0.25) is 10.1 Å². The summed E-state index contributed by atoms with van der Waals surface area (Å²) < 4.78 is 0. The number of nitrogens with one attached hydrogen (secondary N) is 1. The van der Waals surface area contributed by atoms with E-state index in [1.165, 1.54) is 0 Å². The van der Waals surface area contributed by atoms with Gasteiger partial charge in [0, 0.05) is 12.6 Å². The number of benzene rings is 1. The molecule has 2 saturated heterocycles. The number of imide groups is 1. The molecule has 1 N–H and O–H groups in total. The maximum absolute atomic E-state index is 12.3. The Morgan fingerprint density at radius 3 is 2.79 bits per heavy atom. The fourth-order valence-electron chi connectivity index (χ4n) is 3.27. The summed E-state index contributed by atoms with van der Waals surface area (Å²) in [5.74, 6) is -0.373. The summed E-state index contributed by atoms with van der Waals surface area (Å²) in [6.45, 7) is 2.78. The molecule has 2 heterocycles. The first-order valence-electron chi connectivity index (χ1n) is 6.85. The van der Waals surface area contributed by atoms with Crippen LogP contribution in [0.2, 0.25) is 0 Å². The number of piperidine rings is 1. The second-order valence-corrected chi connectivity index (χ2v) is 5.39. The van der Waals surface area contributed by atoms with Gasteiger partial charge in [0.25, 0.3) is 0 Å². The van der Waals surface area contributed by atoms with Crippen molar-refractivity contribution in [2.24, 2.45) is 0 Å². The first kappa shape index (κ1) is 12.2. The number of hydrogen-bond donors (Lipinski definition) is 1. The van der Waals surface area contributed by atoms with Gasteiger partial charge in [-0.1, -0.05) is 24.3 Å². The van der Waals surface area contributed by atoms with Crippen LogP contribution in [0.25, 0.3) is 0 Å². The molecule has 0 unspecified atom stereocenters. The molecule has 3 amide bonds. The van der Waals surface area contributed by atoms with Crippen LogP contribution >= 0.6 is 0 Å². The molecule has 0 aliphatic carbocycles. The molecule has 1 aromatic rings. The maximum Gasteiger partial charge on any atom is 0.324 e. The molecule has 3 rings (SSSR count). The zero-order chi connectivity index (χ0) is 13.4. The Bertz CT molecular complexity index is 527. The number of hydrogen-bond acceptors (Lipinski definition) is 2. The molecule has 0 bridgehead atoms. The van der Waals surface area contributed by atoms with Gasteiger partial charge in [-0.2, -0.15) is 0 Å². The number of urea groups is 1. The molecule has 2 aliphatic heterocycles. The van der Waals surface area contributed by atoms with E-state index in [1.807, 2.05) is 36.1 Å². The number of fused-ring (bicyclic) bond motifs is 1. The number of nitrogens with zero attached hydrogens (tertiary/aromatic N) is 1. The van der Waals surface area contributed by atoms with Crippen LogP contribution in [0.15, 0.2) is 24.3 Å². The van der Waals surface area contributed by atoms with E-state index in [1.54, 1.807) is 0 Å². The van der Waals surface area contributed by atoms with E-state index < -0.39 is 0 Å². The zero-order valence-electron chi connectivity index (χ0n) is 11.1. The van der Waals surface area contributed by atoms with Crippen molar-refractivity contribution in [3.8, 4) is 0 Å². The van der Waals surface area contributed by atoms with Gasteiger partial charge in [0.15, 0.2) is 0 Å². The van der Waals surface area contributed by atoms with Crippen molar-refractivity contribution in [3.63, 3.8) is 0 Å². The average molecular weight is 258 g/mol. The molecule has 0 aromatic heterocycles. The molecule has 2 fully saturated rings. The molecule has 0 saturated carbocycles. The SMILES string of the molecule is Cc1ccccc1[C@@H]1C(=O)NC(=O)N2CCCC[C@@H]12. The van der Waals surface area contributed by atoms with Gasteiger partial charge in [0.1, 0.15) is 0 Å². The molecule has 0 radical (unpaired) electrons. The number of rotatable bonds is 1. The summed E-state index contributed by atoms with van der Waals surface area (Å²) in [6, 6.07) is 7.76. The van der Waals surface area contributed by atoms with Crippen LogP contribution in [0.4, 0.5) is 4.79 Å². The smallest absolute Gasteiger partial charge is 0.320 e. The van der Waals surface area contributed by atoms with Gasteiger partial charge in [-0.05, 0) is 37.3 Å². The molecule has 100 valence electrons. The zero-order valence-corrected chi connectivity index (χ0v) is 11.1. The predicted octanol–water partition coefficient (Wildman–Crippen LogP) is 2.18. The van der Waals surface area contributed by atoms with E-state index in [9.17, 15) is 9.59 Å². The molecular weight excluding hydrogens is 240 g/mol.